The normalized spacial score (nSPS) is 10.4. The molecule has 0 aliphatic rings. The summed E-state index contributed by atoms with van der Waals surface area (Å²) in [5, 5.41) is 14.0. The van der Waals surface area contributed by atoms with Gasteiger partial charge in [0.1, 0.15) is 6.33 Å². The lowest BCUT2D eigenvalue weighted by atomic mass is 10.2. The number of anilines is 2. The molecular formula is C18H16IN5O2S. The number of nitrogens with zero attached hydrogens (tertiary/aromatic N) is 3. The van der Waals surface area contributed by atoms with Crippen molar-refractivity contribution < 1.29 is 9.59 Å². The van der Waals surface area contributed by atoms with Gasteiger partial charge in [-0.05, 0) is 65.1 Å². The lowest BCUT2D eigenvalue weighted by Crippen LogP contribution is -2.16. The maximum atomic E-state index is 12.4. The summed E-state index contributed by atoms with van der Waals surface area (Å²) in [7, 11) is 1.82. The molecule has 0 atom stereocenters. The maximum absolute atomic E-state index is 12.4. The van der Waals surface area contributed by atoms with Crippen LogP contribution in [0.25, 0.3) is 0 Å². The number of hydrogen-bond donors (Lipinski definition) is 2. The summed E-state index contributed by atoms with van der Waals surface area (Å²) in [6, 6.07) is 14.3. The first kappa shape index (κ1) is 19.4. The van der Waals surface area contributed by atoms with E-state index in [0.29, 0.717) is 16.4 Å². The van der Waals surface area contributed by atoms with Crippen LogP contribution >= 0.6 is 34.4 Å². The number of rotatable bonds is 6. The molecule has 0 radical (unpaired) electrons. The van der Waals surface area contributed by atoms with Crippen LogP contribution in [0.3, 0.4) is 0 Å². The summed E-state index contributed by atoms with van der Waals surface area (Å²) >= 11 is 3.50. The van der Waals surface area contributed by atoms with E-state index in [2.05, 4.69) is 43.4 Å². The van der Waals surface area contributed by atoms with Crippen LogP contribution in [-0.2, 0) is 11.8 Å². The molecule has 0 fully saturated rings. The minimum absolute atomic E-state index is 0.182. The van der Waals surface area contributed by atoms with Crippen molar-refractivity contribution >= 4 is 57.5 Å². The number of hydrogen-bond acceptors (Lipinski definition) is 5. The van der Waals surface area contributed by atoms with Crippen LogP contribution in [0.4, 0.5) is 11.4 Å². The molecule has 2 amide bonds. The molecule has 0 aliphatic carbocycles. The highest BCUT2D eigenvalue weighted by atomic mass is 127. The molecule has 27 heavy (non-hydrogen) atoms. The Bertz CT molecular complexity index is 958. The largest absolute Gasteiger partial charge is 0.325 e. The standard InChI is InChI=1S/C18H16IN5O2S/c1-24-11-20-23-18(24)27-10-16(25)21-15-4-2-3-12(9-15)17(26)22-14-7-5-13(19)6-8-14/h2-9,11H,10H2,1H3,(H,21,25)(H,22,26). The lowest BCUT2D eigenvalue weighted by Gasteiger charge is -2.08. The molecule has 3 aromatic rings. The fourth-order valence-electron chi connectivity index (χ4n) is 2.21. The minimum Gasteiger partial charge on any atom is -0.325 e. The smallest absolute Gasteiger partial charge is 0.255 e. The van der Waals surface area contributed by atoms with Crippen molar-refractivity contribution in [2.75, 3.05) is 16.4 Å². The second-order valence-corrected chi connectivity index (χ2v) is 7.79. The predicted octanol–water partition coefficient (Wildman–Crippen LogP) is 3.40. The van der Waals surface area contributed by atoms with Crippen molar-refractivity contribution in [2.24, 2.45) is 7.05 Å². The molecule has 1 heterocycles. The Morgan fingerprint density at radius 3 is 2.59 bits per heavy atom. The van der Waals surface area contributed by atoms with E-state index < -0.39 is 0 Å². The van der Waals surface area contributed by atoms with Crippen LogP contribution in [-0.4, -0.2) is 32.3 Å². The molecule has 3 rings (SSSR count). The van der Waals surface area contributed by atoms with Crippen LogP contribution < -0.4 is 10.6 Å². The van der Waals surface area contributed by atoms with E-state index in [1.807, 2.05) is 31.3 Å². The fourth-order valence-corrected chi connectivity index (χ4v) is 3.25. The van der Waals surface area contributed by atoms with Gasteiger partial charge in [0.25, 0.3) is 5.91 Å². The minimum atomic E-state index is -0.235. The van der Waals surface area contributed by atoms with E-state index in [-0.39, 0.29) is 17.6 Å². The van der Waals surface area contributed by atoms with Crippen molar-refractivity contribution in [2.45, 2.75) is 5.16 Å². The van der Waals surface area contributed by atoms with Gasteiger partial charge >= 0.3 is 0 Å². The van der Waals surface area contributed by atoms with Crippen LogP contribution in [0.15, 0.2) is 60.0 Å². The monoisotopic (exact) mass is 493 g/mol. The van der Waals surface area contributed by atoms with E-state index in [0.717, 1.165) is 9.26 Å². The number of halogens is 1. The van der Waals surface area contributed by atoms with Crippen LogP contribution in [0, 0.1) is 3.57 Å². The Hall–Kier alpha value is -2.40. The molecule has 7 nitrogen and oxygen atoms in total. The number of aryl methyl sites for hydroxylation is 1. The van der Waals surface area contributed by atoms with Gasteiger partial charge in [0.15, 0.2) is 5.16 Å². The average molecular weight is 493 g/mol. The lowest BCUT2D eigenvalue weighted by molar-refractivity contribution is -0.113. The summed E-state index contributed by atoms with van der Waals surface area (Å²) in [5.74, 6) is -0.218. The topological polar surface area (TPSA) is 88.9 Å². The number of benzene rings is 2. The number of aromatic nitrogens is 3. The van der Waals surface area contributed by atoms with Gasteiger partial charge in [-0.2, -0.15) is 0 Å². The van der Waals surface area contributed by atoms with Gasteiger partial charge in [0.05, 0.1) is 5.75 Å². The number of nitrogens with one attached hydrogen (secondary N) is 2. The van der Waals surface area contributed by atoms with E-state index >= 15 is 0 Å². The molecule has 0 saturated heterocycles. The second-order valence-electron chi connectivity index (χ2n) is 5.60. The molecule has 0 bridgehead atoms. The third-order valence-electron chi connectivity index (χ3n) is 3.51. The van der Waals surface area contributed by atoms with E-state index in [1.54, 1.807) is 35.2 Å². The van der Waals surface area contributed by atoms with E-state index in [1.165, 1.54) is 11.8 Å². The summed E-state index contributed by atoms with van der Waals surface area (Å²) in [5.41, 5.74) is 1.75. The molecule has 9 heteroatoms. The second kappa shape index (κ2) is 9.00. The fraction of sp³-hybridized carbons (Fsp3) is 0.111. The van der Waals surface area contributed by atoms with Crippen molar-refractivity contribution in [1.29, 1.82) is 0 Å². The molecule has 138 valence electrons. The number of carbonyl (C=O) groups excluding carboxylic acids is 2. The number of amides is 2. The summed E-state index contributed by atoms with van der Waals surface area (Å²) < 4.78 is 2.84. The van der Waals surface area contributed by atoms with E-state index in [4.69, 9.17) is 0 Å². The third-order valence-corrected chi connectivity index (χ3v) is 5.27. The van der Waals surface area contributed by atoms with Crippen LogP contribution in [0.1, 0.15) is 10.4 Å². The SMILES string of the molecule is Cn1cnnc1SCC(=O)Nc1cccc(C(=O)Nc2ccc(I)cc2)c1. The van der Waals surface area contributed by atoms with Gasteiger partial charge in [-0.3, -0.25) is 9.59 Å². The van der Waals surface area contributed by atoms with Gasteiger partial charge < -0.3 is 15.2 Å². The Balaban J connectivity index is 1.59. The molecule has 0 saturated carbocycles. The molecular weight excluding hydrogens is 477 g/mol. The first-order chi connectivity index (χ1) is 13.0. The Labute approximate surface area is 174 Å². The van der Waals surface area contributed by atoms with Crippen molar-refractivity contribution in [3.05, 3.63) is 64.0 Å². The Kier molecular flexibility index (Phi) is 6.45. The van der Waals surface area contributed by atoms with Gasteiger partial charge in [-0.1, -0.05) is 17.8 Å². The summed E-state index contributed by atoms with van der Waals surface area (Å²) in [4.78, 5) is 24.5. The molecule has 0 unspecified atom stereocenters. The Morgan fingerprint density at radius 2 is 1.89 bits per heavy atom. The molecule has 1 aromatic heterocycles. The maximum Gasteiger partial charge on any atom is 0.255 e. The zero-order valence-corrected chi connectivity index (χ0v) is 17.3. The summed E-state index contributed by atoms with van der Waals surface area (Å²) in [6.45, 7) is 0. The van der Waals surface area contributed by atoms with Crippen molar-refractivity contribution in [3.8, 4) is 0 Å². The first-order valence-electron chi connectivity index (χ1n) is 7.95. The van der Waals surface area contributed by atoms with Crippen LogP contribution in [0.5, 0.6) is 0 Å². The highest BCUT2D eigenvalue weighted by molar-refractivity contribution is 14.1. The Morgan fingerprint density at radius 1 is 1.11 bits per heavy atom. The molecule has 0 aliphatic heterocycles. The zero-order chi connectivity index (χ0) is 19.2. The van der Waals surface area contributed by atoms with Gasteiger partial charge in [0, 0.05) is 27.6 Å². The highest BCUT2D eigenvalue weighted by Gasteiger charge is 2.10. The van der Waals surface area contributed by atoms with Crippen molar-refractivity contribution in [1.82, 2.24) is 14.8 Å². The van der Waals surface area contributed by atoms with E-state index in [9.17, 15) is 9.59 Å². The molecule has 2 N–H and O–H groups in total. The first-order valence-corrected chi connectivity index (χ1v) is 10.0. The number of thioether (sulfide) groups is 1. The van der Waals surface area contributed by atoms with Gasteiger partial charge in [-0.25, -0.2) is 0 Å². The van der Waals surface area contributed by atoms with Gasteiger partial charge in [0.2, 0.25) is 5.91 Å². The molecule has 0 spiro atoms. The number of carbonyl (C=O) groups is 2. The highest BCUT2D eigenvalue weighted by Crippen LogP contribution is 2.17. The van der Waals surface area contributed by atoms with Crippen LogP contribution in [0.2, 0.25) is 0 Å². The average Bonchev–Trinajstić information content (AvgIpc) is 3.07. The van der Waals surface area contributed by atoms with Crippen molar-refractivity contribution in [3.63, 3.8) is 0 Å². The van der Waals surface area contributed by atoms with Gasteiger partial charge in [-0.15, -0.1) is 10.2 Å². The summed E-state index contributed by atoms with van der Waals surface area (Å²) in [6.07, 6.45) is 1.58. The quantitative estimate of drug-likeness (QED) is 0.406. The third kappa shape index (κ3) is 5.54. The zero-order valence-electron chi connectivity index (χ0n) is 14.3. The predicted molar refractivity (Wildman–Crippen MR) is 114 cm³/mol. The molecule has 2 aromatic carbocycles.